The van der Waals surface area contributed by atoms with Crippen molar-refractivity contribution in [3.63, 3.8) is 0 Å². The van der Waals surface area contributed by atoms with Crippen molar-refractivity contribution in [3.05, 3.63) is 18.0 Å². The second-order valence-corrected chi connectivity index (χ2v) is 5.56. The highest BCUT2D eigenvalue weighted by atomic mass is 32.2. The van der Waals surface area contributed by atoms with Crippen LogP contribution in [0.4, 0.5) is 0 Å². The number of thioether (sulfide) groups is 1. The molecule has 1 saturated heterocycles. The molecule has 1 N–H and O–H groups in total. The molecule has 3 nitrogen and oxygen atoms in total. The summed E-state index contributed by atoms with van der Waals surface area (Å²) in [5.41, 5.74) is 1.35. The van der Waals surface area contributed by atoms with Crippen LogP contribution in [0, 0.1) is 0 Å². The van der Waals surface area contributed by atoms with Crippen LogP contribution in [-0.4, -0.2) is 27.3 Å². The van der Waals surface area contributed by atoms with Crippen LogP contribution in [-0.2, 0) is 6.54 Å². The Balaban J connectivity index is 2.10. The van der Waals surface area contributed by atoms with Crippen LogP contribution < -0.4 is 5.32 Å². The highest BCUT2D eigenvalue weighted by Gasteiger charge is 2.27. The molecular formula is C12H21N3S. The number of nitrogens with one attached hydrogen (secondary N) is 1. The molecule has 2 heterocycles. The van der Waals surface area contributed by atoms with Crippen molar-refractivity contribution in [3.8, 4) is 0 Å². The van der Waals surface area contributed by atoms with Gasteiger partial charge >= 0.3 is 0 Å². The molecule has 4 heteroatoms. The first-order valence-corrected chi connectivity index (χ1v) is 7.27. The van der Waals surface area contributed by atoms with Crippen LogP contribution in [0.15, 0.2) is 12.4 Å². The molecule has 1 aliphatic heterocycles. The van der Waals surface area contributed by atoms with E-state index in [0.29, 0.717) is 6.04 Å². The summed E-state index contributed by atoms with van der Waals surface area (Å²) in [5, 5.41) is 8.71. The molecule has 0 aliphatic carbocycles. The summed E-state index contributed by atoms with van der Waals surface area (Å²) in [7, 11) is 0. The summed E-state index contributed by atoms with van der Waals surface area (Å²) in [5.74, 6) is 1.31. The molecule has 0 amide bonds. The number of nitrogens with zero attached hydrogens (tertiary/aromatic N) is 2. The molecule has 1 fully saturated rings. The Morgan fingerprint density at radius 2 is 2.50 bits per heavy atom. The summed E-state index contributed by atoms with van der Waals surface area (Å²) in [6, 6.07) is 0.484. The van der Waals surface area contributed by atoms with Gasteiger partial charge in [-0.25, -0.2) is 0 Å². The Bertz CT molecular complexity index is 318. The second-order valence-electron chi connectivity index (χ2n) is 4.22. The maximum absolute atomic E-state index is 4.38. The van der Waals surface area contributed by atoms with Crippen molar-refractivity contribution in [1.82, 2.24) is 15.1 Å². The maximum Gasteiger partial charge on any atom is 0.0538 e. The van der Waals surface area contributed by atoms with E-state index < -0.39 is 0 Å². The Morgan fingerprint density at radius 3 is 3.06 bits per heavy atom. The molecule has 0 radical (unpaired) electrons. The van der Waals surface area contributed by atoms with E-state index >= 15 is 0 Å². The first-order valence-electron chi connectivity index (χ1n) is 6.22. The Hall–Kier alpha value is -0.480. The van der Waals surface area contributed by atoms with E-state index in [1.165, 1.54) is 24.2 Å². The molecule has 1 aromatic heterocycles. The van der Waals surface area contributed by atoms with Gasteiger partial charge in [0.15, 0.2) is 0 Å². The molecule has 0 spiro atoms. The van der Waals surface area contributed by atoms with E-state index in [2.05, 4.69) is 42.2 Å². The van der Waals surface area contributed by atoms with Gasteiger partial charge in [0.05, 0.1) is 6.20 Å². The van der Waals surface area contributed by atoms with Crippen LogP contribution in [0.25, 0.3) is 0 Å². The van der Waals surface area contributed by atoms with Gasteiger partial charge in [-0.1, -0.05) is 6.92 Å². The third-order valence-electron chi connectivity index (χ3n) is 3.10. The smallest absolute Gasteiger partial charge is 0.0538 e. The summed E-state index contributed by atoms with van der Waals surface area (Å²) >= 11 is 2.10. The first-order chi connectivity index (χ1) is 7.85. The van der Waals surface area contributed by atoms with Crippen molar-refractivity contribution in [2.45, 2.75) is 44.5 Å². The van der Waals surface area contributed by atoms with Crippen LogP contribution in [0.3, 0.4) is 0 Å². The Morgan fingerprint density at radius 1 is 1.62 bits per heavy atom. The first kappa shape index (κ1) is 12.0. The highest BCUT2D eigenvalue weighted by molar-refractivity contribution is 8.00. The number of aryl methyl sites for hydroxylation is 1. The Labute approximate surface area is 102 Å². The summed E-state index contributed by atoms with van der Waals surface area (Å²) in [4.78, 5) is 0. The van der Waals surface area contributed by atoms with Gasteiger partial charge in [0.2, 0.25) is 0 Å². The molecular weight excluding hydrogens is 218 g/mol. The van der Waals surface area contributed by atoms with E-state index in [-0.39, 0.29) is 0 Å². The third kappa shape index (κ3) is 2.61. The van der Waals surface area contributed by atoms with Crippen molar-refractivity contribution in [2.24, 2.45) is 0 Å². The molecule has 16 heavy (non-hydrogen) atoms. The van der Waals surface area contributed by atoms with Gasteiger partial charge in [0.1, 0.15) is 0 Å². The van der Waals surface area contributed by atoms with Gasteiger partial charge in [-0.3, -0.25) is 4.68 Å². The van der Waals surface area contributed by atoms with Crippen molar-refractivity contribution >= 4 is 11.8 Å². The summed E-state index contributed by atoms with van der Waals surface area (Å²) < 4.78 is 2.01. The zero-order valence-electron chi connectivity index (χ0n) is 10.1. The number of hydrogen-bond acceptors (Lipinski definition) is 3. The lowest BCUT2D eigenvalue weighted by Crippen LogP contribution is -2.28. The molecule has 0 bridgehead atoms. The molecule has 90 valence electrons. The lowest BCUT2D eigenvalue weighted by atomic mass is 10.0. The van der Waals surface area contributed by atoms with Crippen LogP contribution >= 0.6 is 11.8 Å². The standard InChI is InChI=1S/C12H21N3S/c1-3-13-12(11-6-5-7-16-11)10-8-14-15(4-2)9-10/h8-9,11-13H,3-7H2,1-2H3. The number of aromatic nitrogens is 2. The maximum atomic E-state index is 4.38. The monoisotopic (exact) mass is 239 g/mol. The van der Waals surface area contributed by atoms with E-state index in [1.54, 1.807) is 0 Å². The van der Waals surface area contributed by atoms with Gasteiger partial charge in [0, 0.05) is 29.6 Å². The summed E-state index contributed by atoms with van der Waals surface area (Å²) in [6.45, 7) is 6.29. The van der Waals surface area contributed by atoms with Crippen LogP contribution in [0.1, 0.15) is 38.3 Å². The molecule has 2 rings (SSSR count). The second kappa shape index (κ2) is 5.73. The van der Waals surface area contributed by atoms with Gasteiger partial charge in [-0.2, -0.15) is 16.9 Å². The molecule has 1 aromatic rings. The fourth-order valence-corrected chi connectivity index (χ4v) is 3.68. The lowest BCUT2D eigenvalue weighted by Gasteiger charge is -2.22. The van der Waals surface area contributed by atoms with Gasteiger partial charge in [-0.05, 0) is 32.1 Å². The van der Waals surface area contributed by atoms with E-state index in [4.69, 9.17) is 0 Å². The van der Waals surface area contributed by atoms with Crippen molar-refractivity contribution in [1.29, 1.82) is 0 Å². The largest absolute Gasteiger partial charge is 0.309 e. The minimum absolute atomic E-state index is 0.484. The number of hydrogen-bond donors (Lipinski definition) is 1. The molecule has 2 unspecified atom stereocenters. The molecule has 2 atom stereocenters. The topological polar surface area (TPSA) is 29.9 Å². The predicted molar refractivity (Wildman–Crippen MR) is 69.8 cm³/mol. The van der Waals surface area contributed by atoms with Gasteiger partial charge < -0.3 is 5.32 Å². The van der Waals surface area contributed by atoms with Crippen molar-refractivity contribution in [2.75, 3.05) is 12.3 Å². The van der Waals surface area contributed by atoms with E-state index in [1.807, 2.05) is 10.9 Å². The third-order valence-corrected chi connectivity index (χ3v) is 4.56. The fraction of sp³-hybridized carbons (Fsp3) is 0.750. The predicted octanol–water partition coefficient (Wildman–Crippen LogP) is 2.45. The SMILES string of the molecule is CCNC(c1cnn(CC)c1)C1CCCS1. The highest BCUT2D eigenvalue weighted by Crippen LogP contribution is 2.35. The molecule has 0 aromatic carbocycles. The zero-order valence-corrected chi connectivity index (χ0v) is 11.0. The summed E-state index contributed by atoms with van der Waals surface area (Å²) in [6.07, 6.45) is 6.90. The quantitative estimate of drug-likeness (QED) is 0.856. The van der Waals surface area contributed by atoms with Crippen LogP contribution in [0.2, 0.25) is 0 Å². The Kier molecular flexibility index (Phi) is 4.29. The lowest BCUT2D eigenvalue weighted by molar-refractivity contribution is 0.518. The van der Waals surface area contributed by atoms with E-state index in [0.717, 1.165) is 18.3 Å². The van der Waals surface area contributed by atoms with Gasteiger partial charge in [0.25, 0.3) is 0 Å². The zero-order chi connectivity index (χ0) is 11.4. The minimum Gasteiger partial charge on any atom is -0.309 e. The average Bonchev–Trinajstić information content (AvgIpc) is 2.97. The van der Waals surface area contributed by atoms with Gasteiger partial charge in [-0.15, -0.1) is 0 Å². The molecule has 1 aliphatic rings. The van der Waals surface area contributed by atoms with E-state index in [9.17, 15) is 0 Å². The van der Waals surface area contributed by atoms with Crippen LogP contribution in [0.5, 0.6) is 0 Å². The minimum atomic E-state index is 0.484. The number of rotatable bonds is 5. The fourth-order valence-electron chi connectivity index (χ4n) is 2.26. The normalized spacial score (nSPS) is 22.5. The average molecular weight is 239 g/mol. The van der Waals surface area contributed by atoms with Crippen molar-refractivity contribution < 1.29 is 0 Å². The molecule has 0 saturated carbocycles.